The number of aryl methyl sites for hydroxylation is 1. The van der Waals surface area contributed by atoms with E-state index in [-0.39, 0.29) is 0 Å². The van der Waals surface area contributed by atoms with Crippen LogP contribution in [0.5, 0.6) is 0 Å². The van der Waals surface area contributed by atoms with Crippen LogP contribution in [-0.4, -0.2) is 29.9 Å². The van der Waals surface area contributed by atoms with Gasteiger partial charge in [0, 0.05) is 31.6 Å². The van der Waals surface area contributed by atoms with Gasteiger partial charge in [0.2, 0.25) is 5.91 Å². The highest BCUT2D eigenvalue weighted by atomic mass is 16.2. The Labute approximate surface area is 128 Å². The van der Waals surface area contributed by atoms with E-state index in [9.17, 15) is 4.79 Å². The van der Waals surface area contributed by atoms with Crippen LogP contribution in [0.15, 0.2) is 24.3 Å². The van der Waals surface area contributed by atoms with Crippen LogP contribution in [0.3, 0.4) is 0 Å². The molecule has 1 saturated heterocycles. The van der Waals surface area contributed by atoms with Gasteiger partial charge < -0.3 is 10.2 Å². The lowest BCUT2D eigenvalue weighted by Crippen LogP contribution is -2.40. The summed E-state index contributed by atoms with van der Waals surface area (Å²) in [6.07, 6.45) is 4.07. The third-order valence-corrected chi connectivity index (χ3v) is 4.22. The minimum absolute atomic E-state index is 0.306. The molecule has 3 nitrogen and oxygen atoms in total. The van der Waals surface area contributed by atoms with E-state index in [0.29, 0.717) is 18.0 Å². The highest BCUT2D eigenvalue weighted by Gasteiger charge is 2.22. The van der Waals surface area contributed by atoms with Crippen LogP contribution >= 0.6 is 0 Å². The van der Waals surface area contributed by atoms with Crippen molar-refractivity contribution < 1.29 is 4.79 Å². The molecule has 1 aromatic carbocycles. The summed E-state index contributed by atoms with van der Waals surface area (Å²) in [5.74, 6) is 0.306. The maximum absolute atomic E-state index is 11.7. The third kappa shape index (κ3) is 4.57. The fourth-order valence-electron chi connectivity index (χ4n) is 3.07. The van der Waals surface area contributed by atoms with Gasteiger partial charge in [0.05, 0.1) is 0 Å². The number of benzene rings is 1. The SMILES string of the molecule is CCCc1ccc(C(C)NC(C)CN2CCCC2=O)cc1. The maximum atomic E-state index is 11.7. The van der Waals surface area contributed by atoms with Crippen molar-refractivity contribution in [2.24, 2.45) is 0 Å². The van der Waals surface area contributed by atoms with E-state index in [2.05, 4.69) is 50.4 Å². The van der Waals surface area contributed by atoms with Gasteiger partial charge in [0.1, 0.15) is 0 Å². The number of hydrogen-bond acceptors (Lipinski definition) is 2. The van der Waals surface area contributed by atoms with Crippen LogP contribution in [0.4, 0.5) is 0 Å². The Balaban J connectivity index is 1.84. The van der Waals surface area contributed by atoms with Crippen molar-refractivity contribution in [3.05, 3.63) is 35.4 Å². The summed E-state index contributed by atoms with van der Waals surface area (Å²) >= 11 is 0. The normalized spacial score (nSPS) is 18.0. The standard InChI is InChI=1S/C18H28N2O/c1-4-6-16-8-10-17(11-9-16)15(3)19-14(2)13-20-12-5-7-18(20)21/h8-11,14-15,19H,4-7,12-13H2,1-3H3. The second-order valence-electron chi connectivity index (χ2n) is 6.22. The van der Waals surface area contributed by atoms with Gasteiger partial charge in [-0.1, -0.05) is 37.6 Å². The molecule has 1 aromatic rings. The number of carbonyl (C=O) groups excluding carboxylic acids is 1. The lowest BCUT2D eigenvalue weighted by Gasteiger charge is -2.25. The first-order valence-electron chi connectivity index (χ1n) is 8.22. The summed E-state index contributed by atoms with van der Waals surface area (Å²) in [4.78, 5) is 13.6. The molecule has 0 spiro atoms. The van der Waals surface area contributed by atoms with Crippen LogP contribution < -0.4 is 5.32 Å². The van der Waals surface area contributed by atoms with Crippen LogP contribution in [-0.2, 0) is 11.2 Å². The molecule has 3 heteroatoms. The molecule has 0 aromatic heterocycles. The van der Waals surface area contributed by atoms with Crippen LogP contribution in [0, 0.1) is 0 Å². The molecule has 1 N–H and O–H groups in total. The predicted molar refractivity (Wildman–Crippen MR) is 87.3 cm³/mol. The average molecular weight is 288 g/mol. The molecule has 2 atom stereocenters. The summed E-state index contributed by atoms with van der Waals surface area (Å²) in [5.41, 5.74) is 2.72. The number of hydrogen-bond donors (Lipinski definition) is 1. The Morgan fingerprint density at radius 2 is 1.95 bits per heavy atom. The smallest absolute Gasteiger partial charge is 0.222 e. The molecule has 0 bridgehead atoms. The zero-order valence-corrected chi connectivity index (χ0v) is 13.6. The monoisotopic (exact) mass is 288 g/mol. The zero-order valence-electron chi connectivity index (χ0n) is 13.6. The van der Waals surface area contributed by atoms with Crippen LogP contribution in [0.1, 0.15) is 57.2 Å². The molecule has 1 fully saturated rings. The predicted octanol–water partition coefficient (Wildman–Crippen LogP) is 3.30. The number of likely N-dealkylation sites (tertiary alicyclic amines) is 1. The van der Waals surface area contributed by atoms with E-state index >= 15 is 0 Å². The van der Waals surface area contributed by atoms with Gasteiger partial charge in [-0.25, -0.2) is 0 Å². The molecule has 2 rings (SSSR count). The average Bonchev–Trinajstić information content (AvgIpc) is 2.85. The highest BCUT2D eigenvalue weighted by molar-refractivity contribution is 5.78. The van der Waals surface area contributed by atoms with E-state index < -0.39 is 0 Å². The zero-order chi connectivity index (χ0) is 15.2. The molecular weight excluding hydrogens is 260 g/mol. The van der Waals surface area contributed by atoms with E-state index in [0.717, 1.165) is 32.4 Å². The number of amides is 1. The topological polar surface area (TPSA) is 32.3 Å². The van der Waals surface area contributed by atoms with Gasteiger partial charge in [-0.05, 0) is 37.8 Å². The van der Waals surface area contributed by atoms with Crippen LogP contribution in [0.2, 0.25) is 0 Å². The van der Waals surface area contributed by atoms with Gasteiger partial charge in [-0.15, -0.1) is 0 Å². The van der Waals surface area contributed by atoms with Crippen molar-refractivity contribution in [2.45, 2.75) is 58.5 Å². The molecule has 21 heavy (non-hydrogen) atoms. The number of nitrogens with one attached hydrogen (secondary N) is 1. The maximum Gasteiger partial charge on any atom is 0.222 e. The van der Waals surface area contributed by atoms with Crippen molar-refractivity contribution in [3.63, 3.8) is 0 Å². The second kappa shape index (κ2) is 7.60. The highest BCUT2D eigenvalue weighted by Crippen LogP contribution is 2.16. The molecule has 0 saturated carbocycles. The first-order valence-corrected chi connectivity index (χ1v) is 8.22. The number of carbonyl (C=O) groups is 1. The van der Waals surface area contributed by atoms with Gasteiger partial charge in [0.15, 0.2) is 0 Å². The summed E-state index contributed by atoms with van der Waals surface area (Å²) in [7, 11) is 0. The lowest BCUT2D eigenvalue weighted by molar-refractivity contribution is -0.127. The number of nitrogens with zero attached hydrogens (tertiary/aromatic N) is 1. The summed E-state index contributed by atoms with van der Waals surface area (Å²) in [6.45, 7) is 8.30. The van der Waals surface area contributed by atoms with Crippen molar-refractivity contribution in [1.82, 2.24) is 10.2 Å². The largest absolute Gasteiger partial charge is 0.341 e. The summed E-state index contributed by atoms with van der Waals surface area (Å²) in [5, 5.41) is 3.60. The van der Waals surface area contributed by atoms with Crippen molar-refractivity contribution in [1.29, 1.82) is 0 Å². The number of rotatable bonds is 7. The molecule has 1 aliphatic rings. The molecule has 0 aliphatic carbocycles. The minimum Gasteiger partial charge on any atom is -0.341 e. The van der Waals surface area contributed by atoms with Crippen molar-refractivity contribution in [3.8, 4) is 0 Å². The van der Waals surface area contributed by atoms with E-state index in [1.807, 2.05) is 4.90 Å². The van der Waals surface area contributed by atoms with Gasteiger partial charge in [-0.2, -0.15) is 0 Å². The van der Waals surface area contributed by atoms with Gasteiger partial charge in [-0.3, -0.25) is 4.79 Å². The Morgan fingerprint density at radius 3 is 2.52 bits per heavy atom. The fourth-order valence-corrected chi connectivity index (χ4v) is 3.07. The lowest BCUT2D eigenvalue weighted by atomic mass is 10.0. The van der Waals surface area contributed by atoms with Gasteiger partial charge >= 0.3 is 0 Å². The Hall–Kier alpha value is -1.35. The molecule has 0 radical (unpaired) electrons. The third-order valence-electron chi connectivity index (χ3n) is 4.22. The molecule has 1 aliphatic heterocycles. The van der Waals surface area contributed by atoms with Crippen molar-refractivity contribution >= 4 is 5.91 Å². The van der Waals surface area contributed by atoms with E-state index in [1.165, 1.54) is 17.5 Å². The van der Waals surface area contributed by atoms with E-state index in [4.69, 9.17) is 0 Å². The Kier molecular flexibility index (Phi) is 5.80. The first-order chi connectivity index (χ1) is 10.1. The molecular formula is C18H28N2O. The quantitative estimate of drug-likeness (QED) is 0.835. The van der Waals surface area contributed by atoms with E-state index in [1.54, 1.807) is 0 Å². The summed E-state index contributed by atoms with van der Waals surface area (Å²) in [6, 6.07) is 9.52. The fraction of sp³-hybridized carbons (Fsp3) is 0.611. The first kappa shape index (κ1) is 16.0. The van der Waals surface area contributed by atoms with Crippen LogP contribution in [0.25, 0.3) is 0 Å². The Morgan fingerprint density at radius 1 is 1.24 bits per heavy atom. The van der Waals surface area contributed by atoms with Gasteiger partial charge in [0.25, 0.3) is 0 Å². The summed E-state index contributed by atoms with van der Waals surface area (Å²) < 4.78 is 0. The molecule has 1 heterocycles. The minimum atomic E-state index is 0.306. The molecule has 2 unspecified atom stereocenters. The Bertz CT molecular complexity index is 455. The second-order valence-corrected chi connectivity index (χ2v) is 6.22. The molecule has 116 valence electrons. The van der Waals surface area contributed by atoms with Crippen molar-refractivity contribution in [2.75, 3.05) is 13.1 Å². The molecule has 1 amide bonds.